The highest BCUT2D eigenvalue weighted by Gasteiger charge is 2.44. The molecular weight excluding hydrogens is 309 g/mol. The first-order valence-electron chi connectivity index (χ1n) is 7.07. The maximum absolute atomic E-state index is 13.1. The number of amides is 1. The number of benzene rings is 1. The highest BCUT2D eigenvalue weighted by molar-refractivity contribution is 6.31. The third kappa shape index (κ3) is 3.35. The molecule has 0 atom stereocenters. The Morgan fingerprint density at radius 2 is 1.95 bits per heavy atom. The van der Waals surface area contributed by atoms with E-state index in [1.165, 1.54) is 12.1 Å². The highest BCUT2D eigenvalue weighted by atomic mass is 35.5. The van der Waals surface area contributed by atoms with Crippen molar-refractivity contribution in [2.45, 2.75) is 33.1 Å². The summed E-state index contributed by atoms with van der Waals surface area (Å²) in [7, 11) is 0. The maximum atomic E-state index is 13.1. The van der Waals surface area contributed by atoms with Crippen LogP contribution in [0.1, 0.15) is 33.1 Å². The first-order valence-corrected chi connectivity index (χ1v) is 7.45. The Bertz CT molecular complexity index is 626. The van der Waals surface area contributed by atoms with Gasteiger partial charge in [0.1, 0.15) is 5.82 Å². The van der Waals surface area contributed by atoms with Crippen LogP contribution in [0.3, 0.4) is 0 Å². The van der Waals surface area contributed by atoms with Gasteiger partial charge in [-0.15, -0.1) is 0 Å². The highest BCUT2D eigenvalue weighted by Crippen LogP contribution is 2.37. The van der Waals surface area contributed by atoms with Crippen molar-refractivity contribution in [1.29, 1.82) is 0 Å². The van der Waals surface area contributed by atoms with Crippen molar-refractivity contribution in [3.63, 3.8) is 0 Å². The molecule has 0 radical (unpaired) electrons. The number of hydrogen-bond acceptors (Lipinski definition) is 3. The second kappa shape index (κ2) is 6.16. The van der Waals surface area contributed by atoms with Crippen molar-refractivity contribution in [1.82, 2.24) is 0 Å². The Balaban J connectivity index is 2.14. The number of carbonyl (C=O) groups excluding carboxylic acids is 3. The molecule has 0 heterocycles. The fourth-order valence-corrected chi connectivity index (χ4v) is 2.80. The standard InChI is InChI=1S/C16H17ClFNO3/c1-3-16(2)7-12(20)14(13(21)8-16)15(22)19-9-4-5-11(18)10(17)6-9/h4-6,14H,3,7-8H2,1-2H3,(H,19,22). The molecule has 2 rings (SSSR count). The van der Waals surface area contributed by atoms with Crippen LogP contribution < -0.4 is 5.32 Å². The smallest absolute Gasteiger partial charge is 0.242 e. The van der Waals surface area contributed by atoms with E-state index in [4.69, 9.17) is 11.6 Å². The second-order valence-corrected chi connectivity index (χ2v) is 6.41. The van der Waals surface area contributed by atoms with Crippen molar-refractivity contribution in [2.75, 3.05) is 5.32 Å². The zero-order valence-corrected chi connectivity index (χ0v) is 13.2. The lowest BCUT2D eigenvalue weighted by Gasteiger charge is -2.33. The van der Waals surface area contributed by atoms with Crippen LogP contribution in [0.15, 0.2) is 18.2 Å². The number of ketones is 2. The third-order valence-corrected chi connectivity index (χ3v) is 4.44. The van der Waals surface area contributed by atoms with Gasteiger partial charge in [-0.1, -0.05) is 25.4 Å². The maximum Gasteiger partial charge on any atom is 0.242 e. The summed E-state index contributed by atoms with van der Waals surface area (Å²) in [6.45, 7) is 3.79. The van der Waals surface area contributed by atoms with Gasteiger partial charge >= 0.3 is 0 Å². The van der Waals surface area contributed by atoms with E-state index < -0.39 is 17.6 Å². The van der Waals surface area contributed by atoms with Gasteiger partial charge in [0.15, 0.2) is 17.5 Å². The molecule has 1 aromatic carbocycles. The van der Waals surface area contributed by atoms with Crippen molar-refractivity contribution >= 4 is 34.8 Å². The van der Waals surface area contributed by atoms with Crippen molar-refractivity contribution in [3.8, 4) is 0 Å². The van der Waals surface area contributed by atoms with Crippen LogP contribution in [0.2, 0.25) is 5.02 Å². The molecule has 0 saturated heterocycles. The van der Waals surface area contributed by atoms with Crippen LogP contribution in [0.5, 0.6) is 0 Å². The minimum atomic E-state index is -1.29. The first-order chi connectivity index (χ1) is 10.3. The number of Topliss-reactive ketones (excluding diaryl/α,β-unsaturated/α-hetero) is 2. The minimum Gasteiger partial charge on any atom is -0.325 e. The number of halogens is 2. The van der Waals surface area contributed by atoms with Gasteiger partial charge in [-0.2, -0.15) is 0 Å². The van der Waals surface area contributed by atoms with E-state index >= 15 is 0 Å². The van der Waals surface area contributed by atoms with Gasteiger partial charge in [0.05, 0.1) is 5.02 Å². The summed E-state index contributed by atoms with van der Waals surface area (Å²) in [6.07, 6.45) is 1.11. The van der Waals surface area contributed by atoms with E-state index in [0.717, 1.165) is 6.07 Å². The van der Waals surface area contributed by atoms with E-state index in [-0.39, 0.29) is 40.5 Å². The molecule has 0 bridgehead atoms. The third-order valence-electron chi connectivity index (χ3n) is 4.15. The van der Waals surface area contributed by atoms with Gasteiger partial charge in [0.25, 0.3) is 0 Å². The lowest BCUT2D eigenvalue weighted by atomic mass is 9.68. The van der Waals surface area contributed by atoms with Crippen molar-refractivity contribution in [3.05, 3.63) is 29.0 Å². The number of hydrogen-bond donors (Lipinski definition) is 1. The van der Waals surface area contributed by atoms with Crippen LogP contribution in [0.25, 0.3) is 0 Å². The topological polar surface area (TPSA) is 63.2 Å². The monoisotopic (exact) mass is 325 g/mol. The summed E-state index contributed by atoms with van der Waals surface area (Å²) < 4.78 is 13.1. The van der Waals surface area contributed by atoms with Crippen molar-refractivity contribution in [2.24, 2.45) is 11.3 Å². The molecule has 0 aliphatic heterocycles. The largest absolute Gasteiger partial charge is 0.325 e. The molecule has 0 aromatic heterocycles. The second-order valence-electron chi connectivity index (χ2n) is 6.00. The van der Waals surface area contributed by atoms with Crippen LogP contribution >= 0.6 is 11.6 Å². The quantitative estimate of drug-likeness (QED) is 0.866. The fourth-order valence-electron chi connectivity index (χ4n) is 2.62. The van der Waals surface area contributed by atoms with Crippen LogP contribution in [0.4, 0.5) is 10.1 Å². The van der Waals surface area contributed by atoms with Gasteiger partial charge in [-0.25, -0.2) is 4.39 Å². The molecule has 1 amide bonds. The lowest BCUT2D eigenvalue weighted by molar-refractivity contribution is -0.144. The summed E-state index contributed by atoms with van der Waals surface area (Å²) >= 11 is 5.64. The Morgan fingerprint density at radius 1 is 1.36 bits per heavy atom. The molecule has 1 aliphatic carbocycles. The predicted molar refractivity (Wildman–Crippen MR) is 81.2 cm³/mol. The molecule has 1 N–H and O–H groups in total. The van der Waals surface area contributed by atoms with E-state index in [0.29, 0.717) is 6.42 Å². The molecule has 1 aliphatic rings. The Kier molecular flexibility index (Phi) is 4.66. The predicted octanol–water partition coefficient (Wildman–Crippen LogP) is 3.38. The van der Waals surface area contributed by atoms with Gasteiger partial charge in [0.2, 0.25) is 5.91 Å². The molecule has 1 fully saturated rings. The number of anilines is 1. The summed E-state index contributed by atoms with van der Waals surface area (Å²) in [5, 5.41) is 2.31. The van der Waals surface area contributed by atoms with Gasteiger partial charge < -0.3 is 5.32 Å². The van der Waals surface area contributed by atoms with E-state index in [2.05, 4.69) is 5.32 Å². The Morgan fingerprint density at radius 3 is 2.45 bits per heavy atom. The SMILES string of the molecule is CCC1(C)CC(=O)C(C(=O)Nc2ccc(F)c(Cl)c2)C(=O)C1. The van der Waals surface area contributed by atoms with E-state index in [1.807, 2.05) is 13.8 Å². The summed E-state index contributed by atoms with van der Waals surface area (Å²) in [6, 6.07) is 3.67. The van der Waals surface area contributed by atoms with Gasteiger partial charge in [-0.05, 0) is 30.0 Å². The Labute approximate surface area is 133 Å². The Hall–Kier alpha value is -1.75. The number of carbonyl (C=O) groups is 3. The lowest BCUT2D eigenvalue weighted by Crippen LogP contribution is -2.44. The van der Waals surface area contributed by atoms with Crippen LogP contribution in [0, 0.1) is 17.2 Å². The van der Waals surface area contributed by atoms with E-state index in [9.17, 15) is 18.8 Å². The zero-order chi connectivity index (χ0) is 16.5. The van der Waals surface area contributed by atoms with E-state index in [1.54, 1.807) is 0 Å². The number of rotatable bonds is 3. The molecule has 6 heteroatoms. The summed E-state index contributed by atoms with van der Waals surface area (Å²) in [5.41, 5.74) is -0.120. The van der Waals surface area contributed by atoms with Crippen LogP contribution in [-0.2, 0) is 14.4 Å². The normalized spacial score (nSPS) is 25.2. The molecule has 1 saturated carbocycles. The molecule has 22 heavy (non-hydrogen) atoms. The summed E-state index contributed by atoms with van der Waals surface area (Å²) in [5.74, 6) is -3.32. The molecule has 4 nitrogen and oxygen atoms in total. The van der Waals surface area contributed by atoms with Gasteiger partial charge in [-0.3, -0.25) is 14.4 Å². The summed E-state index contributed by atoms with van der Waals surface area (Å²) in [4.78, 5) is 36.5. The molecule has 1 aromatic rings. The fraction of sp³-hybridized carbons (Fsp3) is 0.438. The van der Waals surface area contributed by atoms with Crippen molar-refractivity contribution < 1.29 is 18.8 Å². The minimum absolute atomic E-state index is 0.141. The average molecular weight is 326 g/mol. The molecule has 118 valence electrons. The zero-order valence-electron chi connectivity index (χ0n) is 12.4. The van der Waals surface area contributed by atoms with Crippen LogP contribution in [-0.4, -0.2) is 17.5 Å². The first kappa shape index (κ1) is 16.6. The molecular formula is C16H17ClFNO3. The average Bonchev–Trinajstić information content (AvgIpc) is 2.42. The van der Waals surface area contributed by atoms with Gasteiger partial charge in [0, 0.05) is 18.5 Å². The number of nitrogens with one attached hydrogen (secondary N) is 1. The molecule has 0 unspecified atom stereocenters. The molecule has 0 spiro atoms.